The molecule has 0 spiro atoms. The van der Waals surface area contributed by atoms with E-state index in [1.165, 1.54) is 121 Å². The van der Waals surface area contributed by atoms with Gasteiger partial charge in [-0.2, -0.15) is 0 Å². The van der Waals surface area contributed by atoms with Crippen LogP contribution >= 0.6 is 0 Å². The zero-order valence-corrected chi connectivity index (χ0v) is 20.2. The first kappa shape index (κ1) is 27.2. The molecule has 1 aromatic rings. The molecule has 0 aliphatic carbocycles. The lowest BCUT2D eigenvalue weighted by atomic mass is 10.0. The van der Waals surface area contributed by atoms with Gasteiger partial charge in [-0.3, -0.25) is 0 Å². The first-order valence-corrected chi connectivity index (χ1v) is 14.0. The second kappa shape index (κ2) is 17.8. The van der Waals surface area contributed by atoms with Crippen molar-refractivity contribution in [1.29, 1.82) is 0 Å². The maximum absolute atomic E-state index is 10.9. The molecule has 0 radical (unpaired) electrons. The largest absolute Gasteiger partial charge is 0.744 e. The molecule has 0 aliphatic rings. The molecular weight excluding hydrogens is 392 g/mol. The maximum Gasteiger partial charge on any atom is 0.124 e. The maximum atomic E-state index is 10.9. The van der Waals surface area contributed by atoms with Crippen LogP contribution in [0.15, 0.2) is 29.2 Å². The van der Waals surface area contributed by atoms with Gasteiger partial charge in [0.2, 0.25) is 0 Å². The van der Waals surface area contributed by atoms with Gasteiger partial charge in [0.15, 0.2) is 0 Å². The van der Waals surface area contributed by atoms with Crippen LogP contribution in [0.1, 0.15) is 128 Å². The zero-order chi connectivity index (χ0) is 21.9. The van der Waals surface area contributed by atoms with Crippen LogP contribution in [0.4, 0.5) is 0 Å². The molecule has 0 saturated heterocycles. The lowest BCUT2D eigenvalue weighted by Gasteiger charge is -2.08. The Kier molecular flexibility index (Phi) is 16.1. The summed E-state index contributed by atoms with van der Waals surface area (Å²) in [6, 6.07) is 6.37. The standard InChI is InChI=1S/C26H46O3S/c1-2-3-4-5-6-7-8-9-10-11-12-13-14-15-16-17-18-19-20-25-21-23-26(24-22-25)30(27,28)29/h21-24H,2-20H2,1H3,(H,27,28,29)/p-1. The molecule has 0 aliphatic heterocycles. The minimum atomic E-state index is -4.32. The average Bonchev–Trinajstić information content (AvgIpc) is 2.72. The van der Waals surface area contributed by atoms with E-state index in [2.05, 4.69) is 6.92 Å². The topological polar surface area (TPSA) is 57.2 Å². The lowest BCUT2D eigenvalue weighted by molar-refractivity contribution is 0.463. The third-order valence-electron chi connectivity index (χ3n) is 6.03. The van der Waals surface area contributed by atoms with Crippen LogP contribution in [0.25, 0.3) is 0 Å². The third kappa shape index (κ3) is 15.0. The van der Waals surface area contributed by atoms with Gasteiger partial charge in [-0.15, -0.1) is 0 Å². The minimum Gasteiger partial charge on any atom is -0.744 e. The van der Waals surface area contributed by atoms with Crippen molar-refractivity contribution >= 4 is 10.1 Å². The number of hydrogen-bond donors (Lipinski definition) is 0. The van der Waals surface area contributed by atoms with Gasteiger partial charge >= 0.3 is 0 Å². The van der Waals surface area contributed by atoms with E-state index >= 15 is 0 Å². The summed E-state index contributed by atoms with van der Waals surface area (Å²) in [6.07, 6.45) is 25.7. The van der Waals surface area contributed by atoms with E-state index in [0.29, 0.717) is 0 Å². The highest BCUT2D eigenvalue weighted by molar-refractivity contribution is 7.85. The number of aryl methyl sites for hydroxylation is 1. The van der Waals surface area contributed by atoms with Crippen LogP contribution in [0, 0.1) is 0 Å². The summed E-state index contributed by atoms with van der Waals surface area (Å²) in [5.41, 5.74) is 1.11. The first-order valence-electron chi connectivity index (χ1n) is 12.6. The SMILES string of the molecule is CCCCCCCCCCCCCCCCCCCCc1ccc(S(=O)(=O)[O-])cc1. The van der Waals surface area contributed by atoms with Crippen LogP contribution in [-0.2, 0) is 16.5 Å². The van der Waals surface area contributed by atoms with Gasteiger partial charge in [0.25, 0.3) is 0 Å². The molecule has 0 heterocycles. The highest BCUT2D eigenvalue weighted by atomic mass is 32.2. The van der Waals surface area contributed by atoms with Crippen molar-refractivity contribution < 1.29 is 13.0 Å². The van der Waals surface area contributed by atoms with Crippen molar-refractivity contribution in [1.82, 2.24) is 0 Å². The summed E-state index contributed by atoms with van der Waals surface area (Å²) in [5.74, 6) is 0. The van der Waals surface area contributed by atoms with E-state index in [1.807, 2.05) is 0 Å². The molecule has 0 amide bonds. The van der Waals surface area contributed by atoms with Crippen LogP contribution in [0.3, 0.4) is 0 Å². The molecule has 0 unspecified atom stereocenters. The van der Waals surface area contributed by atoms with Crippen molar-refractivity contribution in [2.24, 2.45) is 0 Å². The Morgan fingerprint density at radius 3 is 1.23 bits per heavy atom. The Morgan fingerprint density at radius 1 is 0.567 bits per heavy atom. The molecule has 174 valence electrons. The Bertz CT molecular complexity index is 608. The average molecular weight is 438 g/mol. The van der Waals surface area contributed by atoms with E-state index in [4.69, 9.17) is 0 Å². The summed E-state index contributed by atoms with van der Waals surface area (Å²) in [6.45, 7) is 2.28. The molecule has 30 heavy (non-hydrogen) atoms. The Balaban J connectivity index is 1.82. The molecule has 0 atom stereocenters. The minimum absolute atomic E-state index is 0.135. The van der Waals surface area contributed by atoms with Crippen molar-refractivity contribution in [3.8, 4) is 0 Å². The molecule has 0 bridgehead atoms. The smallest absolute Gasteiger partial charge is 0.124 e. The van der Waals surface area contributed by atoms with Gasteiger partial charge < -0.3 is 4.55 Å². The van der Waals surface area contributed by atoms with Crippen LogP contribution in [0.5, 0.6) is 0 Å². The molecule has 0 saturated carbocycles. The van der Waals surface area contributed by atoms with E-state index in [0.717, 1.165) is 18.4 Å². The van der Waals surface area contributed by atoms with Crippen LogP contribution in [-0.4, -0.2) is 13.0 Å². The summed E-state index contributed by atoms with van der Waals surface area (Å²) in [4.78, 5) is -0.135. The van der Waals surface area contributed by atoms with E-state index in [9.17, 15) is 13.0 Å². The Hall–Kier alpha value is -0.870. The molecule has 1 rings (SSSR count). The molecule has 0 N–H and O–H groups in total. The van der Waals surface area contributed by atoms with Crippen molar-refractivity contribution in [2.75, 3.05) is 0 Å². The van der Waals surface area contributed by atoms with Gasteiger partial charge in [0.05, 0.1) is 4.90 Å². The van der Waals surface area contributed by atoms with Gasteiger partial charge in [-0.1, -0.05) is 128 Å². The molecule has 1 aromatic carbocycles. The predicted molar refractivity (Wildman–Crippen MR) is 127 cm³/mol. The van der Waals surface area contributed by atoms with Crippen LogP contribution in [0.2, 0.25) is 0 Å². The summed E-state index contributed by atoms with van der Waals surface area (Å²) in [7, 11) is -4.32. The summed E-state index contributed by atoms with van der Waals surface area (Å²) in [5, 5.41) is 0. The Labute approximate surface area is 186 Å². The van der Waals surface area contributed by atoms with Crippen LogP contribution < -0.4 is 0 Å². The second-order valence-corrected chi connectivity index (χ2v) is 10.2. The Morgan fingerprint density at radius 2 is 0.900 bits per heavy atom. The van der Waals surface area contributed by atoms with Gasteiger partial charge in [0.1, 0.15) is 10.1 Å². The number of benzene rings is 1. The second-order valence-electron chi connectivity index (χ2n) is 8.86. The quantitative estimate of drug-likeness (QED) is 0.153. The van der Waals surface area contributed by atoms with Gasteiger partial charge in [0, 0.05) is 0 Å². The molecule has 0 aromatic heterocycles. The van der Waals surface area contributed by atoms with Crippen molar-refractivity contribution in [3.63, 3.8) is 0 Å². The fourth-order valence-electron chi connectivity index (χ4n) is 4.05. The normalized spacial score (nSPS) is 11.8. The summed E-state index contributed by atoms with van der Waals surface area (Å²) >= 11 is 0. The fourth-order valence-corrected chi connectivity index (χ4v) is 4.52. The predicted octanol–water partition coefficient (Wildman–Crippen LogP) is 8.17. The zero-order valence-electron chi connectivity index (χ0n) is 19.4. The van der Waals surface area contributed by atoms with E-state index in [1.54, 1.807) is 12.1 Å². The van der Waals surface area contributed by atoms with Crippen molar-refractivity contribution in [3.05, 3.63) is 29.8 Å². The van der Waals surface area contributed by atoms with Crippen molar-refractivity contribution in [2.45, 2.75) is 134 Å². The molecular formula is C26H45O3S-. The number of rotatable bonds is 20. The first-order chi connectivity index (χ1) is 14.5. The summed E-state index contributed by atoms with van der Waals surface area (Å²) < 4.78 is 32.8. The third-order valence-corrected chi connectivity index (χ3v) is 6.88. The number of hydrogen-bond acceptors (Lipinski definition) is 3. The van der Waals surface area contributed by atoms with Gasteiger partial charge in [-0.05, 0) is 30.5 Å². The lowest BCUT2D eigenvalue weighted by Crippen LogP contribution is -1.98. The van der Waals surface area contributed by atoms with Gasteiger partial charge in [-0.25, -0.2) is 8.42 Å². The number of unbranched alkanes of at least 4 members (excludes halogenated alkanes) is 17. The highest BCUT2D eigenvalue weighted by Gasteiger charge is 2.01. The fraction of sp³-hybridized carbons (Fsp3) is 0.769. The monoisotopic (exact) mass is 437 g/mol. The molecule has 3 nitrogen and oxygen atoms in total. The van der Waals surface area contributed by atoms with E-state index in [-0.39, 0.29) is 4.90 Å². The highest BCUT2D eigenvalue weighted by Crippen LogP contribution is 2.16. The van der Waals surface area contributed by atoms with E-state index < -0.39 is 10.1 Å². The molecule has 4 heteroatoms. The molecule has 0 fully saturated rings.